The number of hydrogen-bond acceptors (Lipinski definition) is 19. The highest BCUT2D eigenvalue weighted by Crippen LogP contribution is 2.76. The van der Waals surface area contributed by atoms with Crippen molar-refractivity contribution in [3.63, 3.8) is 0 Å². The number of carbonyl (C=O) groups is 1. The lowest BCUT2D eigenvalue weighted by Crippen LogP contribution is -2.68. The third kappa shape index (κ3) is 7.92. The van der Waals surface area contributed by atoms with Crippen LogP contribution in [0.3, 0.4) is 0 Å². The molecule has 19 nitrogen and oxygen atoms in total. The van der Waals surface area contributed by atoms with E-state index >= 15 is 4.79 Å². The Kier molecular flexibility index (Phi) is 14.4. The van der Waals surface area contributed by atoms with Gasteiger partial charge in [-0.3, -0.25) is 4.79 Å². The minimum atomic E-state index is -1.86. The van der Waals surface area contributed by atoms with Gasteiger partial charge in [-0.05, 0) is 104 Å². The summed E-state index contributed by atoms with van der Waals surface area (Å²) in [6.45, 7) is 13.0. The number of fused-ring (bicyclic) bond motifs is 7. The van der Waals surface area contributed by atoms with E-state index in [2.05, 4.69) is 40.7 Å². The lowest BCUT2D eigenvalue weighted by Gasteiger charge is -2.71. The molecule has 8 aliphatic rings. The van der Waals surface area contributed by atoms with Crippen molar-refractivity contribution in [3.8, 4) is 0 Å². The summed E-state index contributed by atoms with van der Waals surface area (Å²) in [5, 5.41) is 130. The zero-order valence-electron chi connectivity index (χ0n) is 39.8. The summed E-state index contributed by atoms with van der Waals surface area (Å²) in [7, 11) is 0. The maximum absolute atomic E-state index is 15.0. The topological polar surface area (TPSA) is 315 Å². The van der Waals surface area contributed by atoms with Crippen LogP contribution >= 0.6 is 0 Å². The maximum atomic E-state index is 15.0. The number of carbonyl (C=O) groups excluding carboxylic acids is 1. The first-order valence-corrected chi connectivity index (χ1v) is 24.5. The molecule has 5 aliphatic carbocycles. The Labute approximate surface area is 392 Å². The molecule has 12 N–H and O–H groups in total. The van der Waals surface area contributed by atoms with E-state index < -0.39 is 134 Å². The van der Waals surface area contributed by atoms with Crippen LogP contribution in [0.2, 0.25) is 0 Å². The third-order valence-corrected chi connectivity index (χ3v) is 19.7. The summed E-state index contributed by atoms with van der Waals surface area (Å²) in [6, 6.07) is 0. The fourth-order valence-corrected chi connectivity index (χ4v) is 15.2. The Morgan fingerprint density at radius 1 is 0.701 bits per heavy atom. The first kappa shape index (κ1) is 51.9. The molecule has 19 heteroatoms. The lowest BCUT2D eigenvalue weighted by molar-refractivity contribution is -0.361. The van der Waals surface area contributed by atoms with Gasteiger partial charge in [-0.15, -0.1) is 0 Å². The number of hydrogen-bond donors (Lipinski definition) is 12. The largest absolute Gasteiger partial charge is 0.432 e. The van der Waals surface area contributed by atoms with Gasteiger partial charge < -0.3 is 89.7 Å². The summed E-state index contributed by atoms with van der Waals surface area (Å²) < 4.78 is 34.7. The van der Waals surface area contributed by atoms with Crippen molar-refractivity contribution >= 4 is 5.97 Å². The fraction of sp³-hybridized carbons (Fsp3) is 0.938. The Morgan fingerprint density at radius 3 is 2.01 bits per heavy atom. The Morgan fingerprint density at radius 2 is 1.34 bits per heavy atom. The number of esters is 1. The highest BCUT2D eigenvalue weighted by atomic mass is 16.8. The summed E-state index contributed by atoms with van der Waals surface area (Å²) in [4.78, 5) is 15.0. The first-order chi connectivity index (χ1) is 31.4. The van der Waals surface area contributed by atoms with Crippen molar-refractivity contribution in [2.75, 3.05) is 19.8 Å². The predicted molar refractivity (Wildman–Crippen MR) is 231 cm³/mol. The monoisotopic (exact) mass is 959 g/mol. The standard InChI is InChI=1S/C48H78O19/c1-20-10-13-48(15-14-46(6)23(29(48)21(20)2)8-9-28-44(4)16-24(51)39(60)45(5,19-50)27(44)11-12-47(28,46)7)43(61)67-42-36(58)33(55)31(53)26(65-42)18-62-40-37(59)34(56)38(25(17-49)64-40)66-41-35(57)32(54)30(52)22(3)63-41/h8,20-22,24-42,49-60H,9-19H2,1-7H3/t20-,21+,22+,24-,25-,26+,27-,28-,29+,30+,31-,32-,33+,34-,35-,36-,37-,38-,39+,40-,41+,42+,44+,45+,46-,47-,48+/m1/s1. The maximum Gasteiger partial charge on any atom is 0.315 e. The van der Waals surface area contributed by atoms with Gasteiger partial charge >= 0.3 is 5.97 Å². The molecule has 0 unspecified atom stereocenters. The van der Waals surface area contributed by atoms with Crippen LogP contribution in [0.1, 0.15) is 99.8 Å². The minimum Gasteiger partial charge on any atom is -0.432 e. The van der Waals surface area contributed by atoms with Gasteiger partial charge in [0.05, 0.1) is 43.5 Å². The Balaban J connectivity index is 0.985. The molecule has 67 heavy (non-hydrogen) atoms. The lowest BCUT2D eigenvalue weighted by atomic mass is 9.33. The third-order valence-electron chi connectivity index (χ3n) is 19.7. The van der Waals surface area contributed by atoms with E-state index in [1.54, 1.807) is 0 Å². The molecule has 0 bridgehead atoms. The van der Waals surface area contributed by atoms with E-state index in [-0.39, 0.29) is 52.4 Å². The number of aliphatic hydroxyl groups is 12. The summed E-state index contributed by atoms with van der Waals surface area (Å²) in [5.74, 6) is -0.386. The molecular formula is C48H78O19. The molecule has 8 rings (SSSR count). The Hall–Kier alpha value is -1.47. The van der Waals surface area contributed by atoms with Gasteiger partial charge in [0.2, 0.25) is 6.29 Å². The molecule has 0 aromatic carbocycles. The quantitative estimate of drug-likeness (QED) is 0.0971. The molecule has 0 amide bonds. The molecule has 0 aromatic rings. The second-order valence-electron chi connectivity index (χ2n) is 22.9. The average Bonchev–Trinajstić information content (AvgIpc) is 3.29. The number of ether oxygens (including phenoxy) is 6. The molecule has 3 aliphatic heterocycles. The molecule has 0 radical (unpaired) electrons. The van der Waals surface area contributed by atoms with Crippen LogP contribution in [-0.2, 0) is 33.2 Å². The van der Waals surface area contributed by atoms with Crippen LogP contribution < -0.4 is 0 Å². The molecule has 0 spiro atoms. The van der Waals surface area contributed by atoms with Gasteiger partial charge in [-0.1, -0.05) is 53.2 Å². The van der Waals surface area contributed by atoms with Crippen molar-refractivity contribution < 1.29 is 94.5 Å². The summed E-state index contributed by atoms with van der Waals surface area (Å²) >= 11 is 0. The van der Waals surface area contributed by atoms with Crippen LogP contribution in [0.5, 0.6) is 0 Å². The van der Waals surface area contributed by atoms with Crippen LogP contribution in [0.15, 0.2) is 11.6 Å². The smallest absolute Gasteiger partial charge is 0.315 e. The minimum absolute atomic E-state index is 0.0112. The van der Waals surface area contributed by atoms with Gasteiger partial charge in [0.15, 0.2) is 12.6 Å². The van der Waals surface area contributed by atoms with E-state index in [4.69, 9.17) is 28.4 Å². The van der Waals surface area contributed by atoms with Crippen molar-refractivity contribution in [3.05, 3.63) is 11.6 Å². The molecule has 27 atom stereocenters. The average molecular weight is 959 g/mol. The predicted octanol–water partition coefficient (Wildman–Crippen LogP) is -1.03. The molecule has 7 fully saturated rings. The van der Waals surface area contributed by atoms with Gasteiger partial charge in [0.25, 0.3) is 0 Å². The molecule has 3 saturated heterocycles. The van der Waals surface area contributed by atoms with Crippen molar-refractivity contribution in [1.29, 1.82) is 0 Å². The van der Waals surface area contributed by atoms with Gasteiger partial charge in [-0.25, -0.2) is 0 Å². The molecular weight excluding hydrogens is 881 g/mol. The zero-order valence-corrected chi connectivity index (χ0v) is 39.8. The van der Waals surface area contributed by atoms with Crippen LogP contribution in [0.4, 0.5) is 0 Å². The highest BCUT2D eigenvalue weighted by Gasteiger charge is 2.71. The second-order valence-corrected chi connectivity index (χ2v) is 22.9. The molecule has 384 valence electrons. The van der Waals surface area contributed by atoms with E-state index in [1.807, 2.05) is 6.92 Å². The van der Waals surface area contributed by atoms with Crippen LogP contribution in [-0.4, -0.2) is 191 Å². The summed E-state index contributed by atoms with van der Waals surface area (Å²) in [5.41, 5.74) is -1.64. The van der Waals surface area contributed by atoms with Crippen molar-refractivity contribution in [2.24, 2.45) is 56.7 Å². The van der Waals surface area contributed by atoms with E-state index in [1.165, 1.54) is 12.5 Å². The fourth-order valence-electron chi connectivity index (χ4n) is 15.2. The van der Waals surface area contributed by atoms with E-state index in [9.17, 15) is 61.3 Å². The highest BCUT2D eigenvalue weighted by molar-refractivity contribution is 5.79. The molecule has 3 heterocycles. The SMILES string of the molecule is C[C@H]1[C@H](C)CC[C@]2(C(=O)O[C@@H]3O[C@@H](CO[C@@H]4O[C@H](CO)[C@@H](O[C@@H]5O[C@@H](C)[C@H](O)[C@@H](O)[C@H]5O)[C@H](O)[C@H]4O)[C@@H](O)[C@H](O)[C@H]3O)CC[C@]3(C)C(=CC[C@@H]4[C@@]5(C)C[C@@H](O)[C@H](O)[C@@](C)(CO)[C@@H]5CC[C@]43C)[C@H]12. The number of rotatable bonds is 9. The molecule has 4 saturated carbocycles. The second kappa shape index (κ2) is 18.5. The van der Waals surface area contributed by atoms with Crippen molar-refractivity contribution in [2.45, 2.75) is 204 Å². The van der Waals surface area contributed by atoms with Crippen LogP contribution in [0.25, 0.3) is 0 Å². The number of allylic oxidation sites excluding steroid dienone is 2. The normalized spacial score (nSPS) is 56.7. The van der Waals surface area contributed by atoms with Crippen molar-refractivity contribution in [1.82, 2.24) is 0 Å². The summed E-state index contributed by atoms with van der Waals surface area (Å²) in [6.07, 6.45) is -18.9. The Bertz CT molecular complexity index is 1820. The molecule has 0 aromatic heterocycles. The van der Waals surface area contributed by atoms with Crippen LogP contribution in [0, 0.1) is 56.7 Å². The van der Waals surface area contributed by atoms with Gasteiger partial charge in [-0.2, -0.15) is 0 Å². The van der Waals surface area contributed by atoms with Gasteiger partial charge in [0.1, 0.15) is 67.1 Å². The zero-order chi connectivity index (χ0) is 49.1. The number of aliphatic hydroxyl groups excluding tert-OH is 12. The van der Waals surface area contributed by atoms with Gasteiger partial charge in [0, 0.05) is 5.41 Å². The van der Waals surface area contributed by atoms with E-state index in [0.717, 1.165) is 19.3 Å². The first-order valence-electron chi connectivity index (χ1n) is 24.5. The van der Waals surface area contributed by atoms with E-state index in [0.29, 0.717) is 32.1 Å².